The van der Waals surface area contributed by atoms with E-state index in [4.69, 9.17) is 0 Å². The normalized spacial score (nSPS) is 10.5. The lowest BCUT2D eigenvalue weighted by Crippen LogP contribution is -1.94. The molecular formula is C25H21N. The maximum Gasteiger partial charge on any atom is 0.0463 e. The van der Waals surface area contributed by atoms with Gasteiger partial charge in [-0.1, -0.05) is 84.9 Å². The summed E-state index contributed by atoms with van der Waals surface area (Å²) in [5.41, 5.74) is 8.40. The van der Waals surface area contributed by atoms with Gasteiger partial charge in [-0.15, -0.1) is 0 Å². The summed E-state index contributed by atoms with van der Waals surface area (Å²) in [5.74, 6) is 0. The minimum atomic E-state index is 1.09. The highest BCUT2D eigenvalue weighted by atomic mass is 14.9. The molecule has 0 amide bonds. The highest BCUT2D eigenvalue weighted by Gasteiger charge is 2.06. The summed E-state index contributed by atoms with van der Waals surface area (Å²) < 4.78 is 0. The van der Waals surface area contributed by atoms with Crippen LogP contribution in [-0.4, -0.2) is 0 Å². The molecular weight excluding hydrogens is 314 g/mol. The molecule has 0 aliphatic heterocycles. The molecule has 4 rings (SSSR count). The molecule has 1 N–H and O–H groups in total. The van der Waals surface area contributed by atoms with Crippen molar-refractivity contribution in [2.24, 2.45) is 0 Å². The second kappa shape index (κ2) is 7.28. The minimum Gasteiger partial charge on any atom is -0.355 e. The summed E-state index contributed by atoms with van der Waals surface area (Å²) in [5, 5.41) is 3.60. The van der Waals surface area contributed by atoms with Crippen LogP contribution in [-0.2, 0) is 0 Å². The van der Waals surface area contributed by atoms with E-state index in [1.165, 1.54) is 27.8 Å². The second-order valence-electron chi connectivity index (χ2n) is 6.43. The van der Waals surface area contributed by atoms with E-state index in [1.54, 1.807) is 0 Å². The number of benzene rings is 4. The molecule has 0 heterocycles. The molecule has 0 radical (unpaired) electrons. The molecule has 126 valence electrons. The Balaban J connectivity index is 1.69. The van der Waals surface area contributed by atoms with Crippen LogP contribution in [0.1, 0.15) is 5.56 Å². The maximum absolute atomic E-state index is 3.60. The van der Waals surface area contributed by atoms with Crippen molar-refractivity contribution in [3.8, 4) is 22.3 Å². The number of hydrogen-bond acceptors (Lipinski definition) is 1. The molecule has 0 atom stereocenters. The van der Waals surface area contributed by atoms with Gasteiger partial charge in [0.25, 0.3) is 0 Å². The molecule has 4 aromatic rings. The Labute approximate surface area is 155 Å². The average Bonchev–Trinajstić information content (AvgIpc) is 2.70. The summed E-state index contributed by atoms with van der Waals surface area (Å²) in [6, 6.07) is 36.0. The predicted molar refractivity (Wildman–Crippen MR) is 112 cm³/mol. The van der Waals surface area contributed by atoms with E-state index in [-0.39, 0.29) is 0 Å². The third-order valence-electron chi connectivity index (χ3n) is 4.61. The monoisotopic (exact) mass is 335 g/mol. The van der Waals surface area contributed by atoms with Gasteiger partial charge in [-0.3, -0.25) is 0 Å². The quantitative estimate of drug-likeness (QED) is 0.420. The SMILES string of the molecule is Cc1ccccc1-c1cccc(Nc2ccccc2-c2ccccc2)c1. The van der Waals surface area contributed by atoms with Crippen LogP contribution >= 0.6 is 0 Å². The number of aryl methyl sites for hydroxylation is 1. The molecule has 0 aromatic heterocycles. The predicted octanol–water partition coefficient (Wildman–Crippen LogP) is 7.07. The van der Waals surface area contributed by atoms with Crippen LogP contribution in [0, 0.1) is 6.92 Å². The van der Waals surface area contributed by atoms with Crippen molar-refractivity contribution in [3.63, 3.8) is 0 Å². The Morgan fingerprint density at radius 1 is 0.538 bits per heavy atom. The fourth-order valence-electron chi connectivity index (χ4n) is 3.28. The average molecular weight is 335 g/mol. The Morgan fingerprint density at radius 2 is 1.19 bits per heavy atom. The molecule has 0 saturated carbocycles. The molecule has 0 aliphatic rings. The molecule has 1 nitrogen and oxygen atoms in total. The van der Waals surface area contributed by atoms with E-state index in [2.05, 4.69) is 109 Å². The first-order valence-electron chi connectivity index (χ1n) is 8.89. The van der Waals surface area contributed by atoms with Gasteiger partial charge in [0.15, 0.2) is 0 Å². The second-order valence-corrected chi connectivity index (χ2v) is 6.43. The minimum absolute atomic E-state index is 1.09. The smallest absolute Gasteiger partial charge is 0.0463 e. The highest BCUT2D eigenvalue weighted by Crippen LogP contribution is 2.32. The van der Waals surface area contributed by atoms with E-state index in [0.717, 1.165) is 11.4 Å². The fraction of sp³-hybridized carbons (Fsp3) is 0.0400. The molecule has 26 heavy (non-hydrogen) atoms. The van der Waals surface area contributed by atoms with Gasteiger partial charge in [0.1, 0.15) is 0 Å². The van der Waals surface area contributed by atoms with Gasteiger partial charge >= 0.3 is 0 Å². The molecule has 1 heteroatoms. The summed E-state index contributed by atoms with van der Waals surface area (Å²) in [6.45, 7) is 2.15. The first-order valence-corrected chi connectivity index (χ1v) is 8.89. The van der Waals surface area contributed by atoms with Crippen molar-refractivity contribution in [1.29, 1.82) is 0 Å². The van der Waals surface area contributed by atoms with Crippen LogP contribution in [0.25, 0.3) is 22.3 Å². The van der Waals surface area contributed by atoms with Crippen molar-refractivity contribution >= 4 is 11.4 Å². The summed E-state index contributed by atoms with van der Waals surface area (Å²) in [6.07, 6.45) is 0. The van der Waals surface area contributed by atoms with E-state index in [0.29, 0.717) is 0 Å². The zero-order valence-electron chi connectivity index (χ0n) is 14.8. The topological polar surface area (TPSA) is 12.0 Å². The number of anilines is 2. The van der Waals surface area contributed by atoms with E-state index in [9.17, 15) is 0 Å². The first kappa shape index (κ1) is 16.2. The summed E-state index contributed by atoms with van der Waals surface area (Å²) in [7, 11) is 0. The Kier molecular flexibility index (Phi) is 4.53. The molecule has 0 saturated heterocycles. The number of para-hydroxylation sites is 1. The van der Waals surface area contributed by atoms with Gasteiger partial charge in [0.2, 0.25) is 0 Å². The van der Waals surface area contributed by atoms with Crippen LogP contribution in [0.3, 0.4) is 0 Å². The number of hydrogen-bond donors (Lipinski definition) is 1. The third kappa shape index (κ3) is 3.38. The Bertz CT molecular complexity index is 1020. The standard InChI is InChI=1S/C25H21N/c1-19-10-5-6-15-23(19)21-13-9-14-22(18-21)26-25-17-8-7-16-24(25)20-11-3-2-4-12-20/h2-18,26H,1H3. The van der Waals surface area contributed by atoms with Crippen LogP contribution < -0.4 is 5.32 Å². The van der Waals surface area contributed by atoms with E-state index in [1.807, 2.05) is 6.07 Å². The van der Waals surface area contributed by atoms with Gasteiger partial charge in [-0.2, -0.15) is 0 Å². The van der Waals surface area contributed by atoms with Crippen molar-refractivity contribution < 1.29 is 0 Å². The highest BCUT2D eigenvalue weighted by molar-refractivity contribution is 5.82. The van der Waals surface area contributed by atoms with Crippen molar-refractivity contribution in [2.75, 3.05) is 5.32 Å². The fourth-order valence-corrected chi connectivity index (χ4v) is 3.28. The largest absolute Gasteiger partial charge is 0.355 e. The van der Waals surface area contributed by atoms with Crippen LogP contribution in [0.4, 0.5) is 11.4 Å². The van der Waals surface area contributed by atoms with Crippen molar-refractivity contribution in [3.05, 3.63) is 109 Å². The third-order valence-corrected chi connectivity index (χ3v) is 4.61. The van der Waals surface area contributed by atoms with Gasteiger partial charge in [-0.05, 0) is 47.4 Å². The van der Waals surface area contributed by atoms with Gasteiger partial charge in [0, 0.05) is 16.9 Å². The summed E-state index contributed by atoms with van der Waals surface area (Å²) in [4.78, 5) is 0. The first-order chi connectivity index (χ1) is 12.8. The number of rotatable bonds is 4. The zero-order valence-corrected chi connectivity index (χ0v) is 14.8. The van der Waals surface area contributed by atoms with Gasteiger partial charge < -0.3 is 5.32 Å². The zero-order chi connectivity index (χ0) is 17.8. The number of nitrogens with one attached hydrogen (secondary N) is 1. The molecule has 4 aromatic carbocycles. The van der Waals surface area contributed by atoms with Crippen molar-refractivity contribution in [1.82, 2.24) is 0 Å². The Hall–Kier alpha value is -3.32. The van der Waals surface area contributed by atoms with E-state index < -0.39 is 0 Å². The van der Waals surface area contributed by atoms with Gasteiger partial charge in [-0.25, -0.2) is 0 Å². The van der Waals surface area contributed by atoms with Crippen LogP contribution in [0.5, 0.6) is 0 Å². The Morgan fingerprint density at radius 3 is 2.00 bits per heavy atom. The lowest BCUT2D eigenvalue weighted by atomic mass is 10.00. The van der Waals surface area contributed by atoms with Crippen LogP contribution in [0.2, 0.25) is 0 Å². The molecule has 0 unspecified atom stereocenters. The lowest BCUT2D eigenvalue weighted by molar-refractivity contribution is 1.45. The van der Waals surface area contributed by atoms with Gasteiger partial charge in [0.05, 0.1) is 0 Å². The van der Waals surface area contributed by atoms with Crippen LogP contribution in [0.15, 0.2) is 103 Å². The van der Waals surface area contributed by atoms with Crippen molar-refractivity contribution in [2.45, 2.75) is 6.92 Å². The summed E-state index contributed by atoms with van der Waals surface area (Å²) >= 11 is 0. The molecule has 0 aliphatic carbocycles. The molecule has 0 bridgehead atoms. The molecule has 0 fully saturated rings. The molecule has 0 spiro atoms. The lowest BCUT2D eigenvalue weighted by Gasteiger charge is -2.14. The van der Waals surface area contributed by atoms with E-state index >= 15 is 0 Å². The maximum atomic E-state index is 3.60.